The first-order valence-electron chi connectivity index (χ1n) is 9.32. The molecule has 3 heterocycles. The summed E-state index contributed by atoms with van der Waals surface area (Å²) in [6.07, 6.45) is 6.01. The number of carbonyl (C=O) groups excluding carboxylic acids is 1. The first-order chi connectivity index (χ1) is 13.1. The van der Waals surface area contributed by atoms with Crippen LogP contribution in [-0.4, -0.2) is 57.9 Å². The maximum Gasteiger partial charge on any atom is 0.252 e. The normalized spacial score (nSPS) is 16.1. The summed E-state index contributed by atoms with van der Waals surface area (Å²) in [5.41, 5.74) is 0.568. The van der Waals surface area contributed by atoms with E-state index in [1.54, 1.807) is 18.5 Å². The number of pyridine rings is 2. The van der Waals surface area contributed by atoms with Gasteiger partial charge in [-0.25, -0.2) is 4.98 Å². The van der Waals surface area contributed by atoms with Crippen molar-refractivity contribution < 1.29 is 15.0 Å². The van der Waals surface area contributed by atoms with E-state index in [1.165, 1.54) is 0 Å². The number of hydrogen-bond acceptors (Lipinski definition) is 6. The molecule has 7 nitrogen and oxygen atoms in total. The van der Waals surface area contributed by atoms with Gasteiger partial charge in [0.1, 0.15) is 5.82 Å². The minimum atomic E-state index is -0.981. The standard InChI is InChI=1S/C20H26N4O3/c25-15-20(27)8-12-24(13-9-20)18-7-6-16(14-23-18)19(26)22-11-3-5-17-4-1-2-10-21-17/h1-2,4,6-7,10,14,25,27H,3,5,8-9,11-13,15H2,(H,22,26). The summed E-state index contributed by atoms with van der Waals surface area (Å²) in [6.45, 7) is 1.63. The summed E-state index contributed by atoms with van der Waals surface area (Å²) < 4.78 is 0. The van der Waals surface area contributed by atoms with Crippen LogP contribution in [0.4, 0.5) is 5.82 Å². The molecule has 1 amide bonds. The highest BCUT2D eigenvalue weighted by atomic mass is 16.3. The Balaban J connectivity index is 1.45. The van der Waals surface area contributed by atoms with E-state index >= 15 is 0 Å². The van der Waals surface area contributed by atoms with Gasteiger partial charge >= 0.3 is 0 Å². The summed E-state index contributed by atoms with van der Waals surface area (Å²) in [4.78, 5) is 22.9. The molecule has 0 saturated carbocycles. The van der Waals surface area contributed by atoms with Crippen molar-refractivity contribution in [3.63, 3.8) is 0 Å². The molecule has 0 unspecified atom stereocenters. The third kappa shape index (κ3) is 5.24. The largest absolute Gasteiger partial charge is 0.393 e. The highest BCUT2D eigenvalue weighted by Gasteiger charge is 2.31. The average Bonchev–Trinajstić information content (AvgIpc) is 2.72. The second-order valence-electron chi connectivity index (χ2n) is 6.96. The zero-order chi connectivity index (χ0) is 19.1. The van der Waals surface area contributed by atoms with E-state index in [0.717, 1.165) is 24.4 Å². The number of carbonyl (C=O) groups is 1. The number of piperidine rings is 1. The molecule has 1 fully saturated rings. The van der Waals surface area contributed by atoms with Gasteiger partial charge in [0, 0.05) is 37.7 Å². The van der Waals surface area contributed by atoms with Gasteiger partial charge in [0.15, 0.2) is 0 Å². The summed E-state index contributed by atoms with van der Waals surface area (Å²) in [5, 5.41) is 22.2. The molecule has 3 N–H and O–H groups in total. The molecule has 1 aliphatic heterocycles. The molecular weight excluding hydrogens is 344 g/mol. The van der Waals surface area contributed by atoms with Gasteiger partial charge in [-0.3, -0.25) is 9.78 Å². The quantitative estimate of drug-likeness (QED) is 0.633. The van der Waals surface area contributed by atoms with Crippen LogP contribution in [0.1, 0.15) is 35.3 Å². The first-order valence-corrected chi connectivity index (χ1v) is 9.32. The van der Waals surface area contributed by atoms with Crippen molar-refractivity contribution in [2.45, 2.75) is 31.3 Å². The Morgan fingerprint density at radius 1 is 1.19 bits per heavy atom. The first kappa shape index (κ1) is 19.3. The molecule has 0 radical (unpaired) electrons. The monoisotopic (exact) mass is 370 g/mol. The van der Waals surface area contributed by atoms with Crippen molar-refractivity contribution in [3.8, 4) is 0 Å². The summed E-state index contributed by atoms with van der Waals surface area (Å²) in [6, 6.07) is 9.42. The maximum absolute atomic E-state index is 12.2. The fourth-order valence-electron chi connectivity index (χ4n) is 3.14. The van der Waals surface area contributed by atoms with E-state index in [1.807, 2.05) is 24.3 Å². The number of rotatable bonds is 7. The van der Waals surface area contributed by atoms with Gasteiger partial charge in [0.25, 0.3) is 5.91 Å². The predicted molar refractivity (Wildman–Crippen MR) is 103 cm³/mol. The topological polar surface area (TPSA) is 98.6 Å². The van der Waals surface area contributed by atoms with Crippen LogP contribution in [0.5, 0.6) is 0 Å². The lowest BCUT2D eigenvalue weighted by molar-refractivity contribution is -0.0326. The Morgan fingerprint density at radius 3 is 2.63 bits per heavy atom. The molecule has 0 bridgehead atoms. The number of anilines is 1. The molecule has 0 spiro atoms. The van der Waals surface area contributed by atoms with Crippen molar-refractivity contribution in [1.29, 1.82) is 0 Å². The van der Waals surface area contributed by atoms with Crippen LogP contribution < -0.4 is 10.2 Å². The third-order valence-electron chi connectivity index (χ3n) is 4.94. The highest BCUT2D eigenvalue weighted by molar-refractivity contribution is 5.94. The number of aliphatic hydroxyl groups is 2. The Morgan fingerprint density at radius 2 is 2.00 bits per heavy atom. The van der Waals surface area contributed by atoms with Crippen LogP contribution in [-0.2, 0) is 6.42 Å². The van der Waals surface area contributed by atoms with Gasteiger partial charge in [-0.05, 0) is 49.9 Å². The Bertz CT molecular complexity index is 729. The number of amides is 1. The lowest BCUT2D eigenvalue weighted by atomic mass is 9.92. The molecular formula is C20H26N4O3. The van der Waals surface area contributed by atoms with Crippen LogP contribution in [0, 0.1) is 0 Å². The van der Waals surface area contributed by atoms with Crippen LogP contribution in [0.2, 0.25) is 0 Å². The van der Waals surface area contributed by atoms with Crippen molar-refractivity contribution in [2.24, 2.45) is 0 Å². The smallest absolute Gasteiger partial charge is 0.252 e. The molecule has 144 valence electrons. The van der Waals surface area contributed by atoms with Crippen molar-refractivity contribution in [3.05, 3.63) is 54.0 Å². The molecule has 1 aliphatic rings. The molecule has 0 aliphatic carbocycles. The van der Waals surface area contributed by atoms with Crippen molar-refractivity contribution >= 4 is 11.7 Å². The van der Waals surface area contributed by atoms with Crippen molar-refractivity contribution in [1.82, 2.24) is 15.3 Å². The van der Waals surface area contributed by atoms with Gasteiger partial charge in [-0.15, -0.1) is 0 Å². The molecule has 3 rings (SSSR count). The zero-order valence-corrected chi connectivity index (χ0v) is 15.3. The molecule has 7 heteroatoms. The van der Waals surface area contributed by atoms with Gasteiger partial charge in [-0.1, -0.05) is 6.07 Å². The molecule has 2 aromatic rings. The Labute approximate surface area is 159 Å². The van der Waals surface area contributed by atoms with Gasteiger partial charge in [-0.2, -0.15) is 0 Å². The fraction of sp³-hybridized carbons (Fsp3) is 0.450. The molecule has 2 aromatic heterocycles. The van der Waals surface area contributed by atoms with E-state index in [0.29, 0.717) is 38.0 Å². The number of aryl methyl sites for hydroxylation is 1. The van der Waals surface area contributed by atoms with Crippen LogP contribution in [0.3, 0.4) is 0 Å². The van der Waals surface area contributed by atoms with Gasteiger partial charge < -0.3 is 20.4 Å². The lowest BCUT2D eigenvalue weighted by Gasteiger charge is -2.37. The minimum Gasteiger partial charge on any atom is -0.393 e. The second-order valence-corrected chi connectivity index (χ2v) is 6.96. The SMILES string of the molecule is O=C(NCCCc1ccccn1)c1ccc(N2CCC(O)(CO)CC2)nc1. The average molecular weight is 370 g/mol. The maximum atomic E-state index is 12.2. The number of aliphatic hydroxyl groups excluding tert-OH is 1. The zero-order valence-electron chi connectivity index (χ0n) is 15.3. The van der Waals surface area contributed by atoms with Gasteiger partial charge in [0.2, 0.25) is 0 Å². The van der Waals surface area contributed by atoms with E-state index < -0.39 is 5.60 Å². The molecule has 27 heavy (non-hydrogen) atoms. The van der Waals surface area contributed by atoms with Crippen LogP contribution in [0.15, 0.2) is 42.7 Å². The Hall–Kier alpha value is -2.51. The van der Waals surface area contributed by atoms with E-state index in [9.17, 15) is 15.0 Å². The number of nitrogens with zero attached hydrogens (tertiary/aromatic N) is 3. The van der Waals surface area contributed by atoms with E-state index in [4.69, 9.17) is 0 Å². The predicted octanol–water partition coefficient (Wildman–Crippen LogP) is 1.16. The molecule has 0 aromatic carbocycles. The number of hydrogen-bond donors (Lipinski definition) is 3. The van der Waals surface area contributed by atoms with Crippen LogP contribution in [0.25, 0.3) is 0 Å². The van der Waals surface area contributed by atoms with Gasteiger partial charge in [0.05, 0.1) is 17.8 Å². The Kier molecular flexibility index (Phi) is 6.36. The molecule has 0 atom stereocenters. The number of nitrogens with one attached hydrogen (secondary N) is 1. The van der Waals surface area contributed by atoms with Crippen molar-refractivity contribution in [2.75, 3.05) is 31.1 Å². The lowest BCUT2D eigenvalue weighted by Crippen LogP contribution is -2.46. The third-order valence-corrected chi connectivity index (χ3v) is 4.94. The fourth-order valence-corrected chi connectivity index (χ4v) is 3.14. The summed E-state index contributed by atoms with van der Waals surface area (Å²) >= 11 is 0. The second kappa shape index (κ2) is 8.92. The number of aromatic nitrogens is 2. The van der Waals surface area contributed by atoms with E-state index in [2.05, 4.69) is 20.2 Å². The van der Waals surface area contributed by atoms with E-state index in [-0.39, 0.29) is 12.5 Å². The summed E-state index contributed by atoms with van der Waals surface area (Å²) in [5.74, 6) is 0.644. The molecule has 1 saturated heterocycles. The van der Waals surface area contributed by atoms with Crippen LogP contribution >= 0.6 is 0 Å². The minimum absolute atomic E-state index is 0.136. The summed E-state index contributed by atoms with van der Waals surface area (Å²) in [7, 11) is 0. The highest BCUT2D eigenvalue weighted by Crippen LogP contribution is 2.24.